The van der Waals surface area contributed by atoms with Gasteiger partial charge >= 0.3 is 17.9 Å². The molecule has 0 aliphatic carbocycles. The van der Waals surface area contributed by atoms with Crippen molar-refractivity contribution in [2.45, 2.75) is 310 Å². The highest BCUT2D eigenvalue weighted by Gasteiger charge is 2.19. The van der Waals surface area contributed by atoms with Crippen molar-refractivity contribution in [2.24, 2.45) is 11.8 Å². The van der Waals surface area contributed by atoms with Crippen molar-refractivity contribution in [3.8, 4) is 0 Å². The van der Waals surface area contributed by atoms with Crippen LogP contribution < -0.4 is 0 Å². The van der Waals surface area contributed by atoms with E-state index in [1.807, 2.05) is 0 Å². The van der Waals surface area contributed by atoms with E-state index >= 15 is 0 Å². The lowest BCUT2D eigenvalue weighted by Gasteiger charge is -2.18. The highest BCUT2D eigenvalue weighted by atomic mass is 16.6. The molecule has 0 aliphatic heterocycles. The average molecular weight is 863 g/mol. The Hall–Kier alpha value is -1.59. The highest BCUT2D eigenvalue weighted by molar-refractivity contribution is 5.71. The molecule has 61 heavy (non-hydrogen) atoms. The Morgan fingerprint density at radius 3 is 0.803 bits per heavy atom. The molecule has 0 saturated carbocycles. The monoisotopic (exact) mass is 863 g/mol. The van der Waals surface area contributed by atoms with E-state index in [4.69, 9.17) is 14.2 Å². The van der Waals surface area contributed by atoms with E-state index in [2.05, 4.69) is 34.6 Å². The van der Waals surface area contributed by atoms with Crippen LogP contribution in [0.25, 0.3) is 0 Å². The Labute approximate surface area is 380 Å². The van der Waals surface area contributed by atoms with Crippen LogP contribution in [0, 0.1) is 11.8 Å². The zero-order chi connectivity index (χ0) is 44.7. The second-order valence-corrected chi connectivity index (χ2v) is 19.8. The molecule has 0 amide bonds. The van der Waals surface area contributed by atoms with Crippen LogP contribution >= 0.6 is 0 Å². The maximum atomic E-state index is 12.8. The van der Waals surface area contributed by atoms with E-state index in [1.165, 1.54) is 193 Å². The second-order valence-electron chi connectivity index (χ2n) is 19.8. The molecular weight excluding hydrogens is 757 g/mol. The molecular formula is C55H106O6. The molecule has 362 valence electrons. The fourth-order valence-corrected chi connectivity index (χ4v) is 8.34. The van der Waals surface area contributed by atoms with Gasteiger partial charge in [0.25, 0.3) is 0 Å². The zero-order valence-corrected chi connectivity index (χ0v) is 41.8. The fourth-order valence-electron chi connectivity index (χ4n) is 8.34. The number of esters is 3. The summed E-state index contributed by atoms with van der Waals surface area (Å²) in [5, 5.41) is 0. The van der Waals surface area contributed by atoms with Gasteiger partial charge in [-0.15, -0.1) is 0 Å². The van der Waals surface area contributed by atoms with Crippen LogP contribution in [0.5, 0.6) is 0 Å². The second kappa shape index (κ2) is 47.9. The van der Waals surface area contributed by atoms with Crippen molar-refractivity contribution in [2.75, 3.05) is 13.2 Å². The van der Waals surface area contributed by atoms with Crippen LogP contribution in [-0.4, -0.2) is 37.2 Å². The molecule has 0 N–H and O–H groups in total. The third-order valence-electron chi connectivity index (χ3n) is 12.5. The fraction of sp³-hybridized carbons (Fsp3) is 0.945. The van der Waals surface area contributed by atoms with Crippen LogP contribution in [0.2, 0.25) is 0 Å². The zero-order valence-electron chi connectivity index (χ0n) is 41.8. The summed E-state index contributed by atoms with van der Waals surface area (Å²) in [6.45, 7) is 11.4. The Kier molecular flexibility index (Phi) is 46.6. The van der Waals surface area contributed by atoms with Gasteiger partial charge in [0.05, 0.1) is 0 Å². The first-order chi connectivity index (χ1) is 29.7. The Morgan fingerprint density at radius 2 is 0.541 bits per heavy atom. The number of unbranched alkanes of at least 4 members (excludes halogenated alkanes) is 34. The standard InChI is InChI=1S/C55H106O6/c1-6-7-8-9-10-11-12-13-14-15-16-17-20-25-30-35-40-45-53(56)59-48-52(61-55(58)47-42-37-32-27-22-24-29-34-39-44-51(4)5)49-60-54(57)46-41-36-31-26-21-18-19-23-28-33-38-43-50(2)3/h50-52H,6-49H2,1-5H3/t52-/m0/s1. The van der Waals surface area contributed by atoms with E-state index < -0.39 is 6.10 Å². The van der Waals surface area contributed by atoms with E-state index in [-0.39, 0.29) is 31.1 Å². The average Bonchev–Trinajstić information content (AvgIpc) is 3.23. The van der Waals surface area contributed by atoms with Crippen LogP contribution in [0.1, 0.15) is 304 Å². The van der Waals surface area contributed by atoms with Crippen LogP contribution in [-0.2, 0) is 28.6 Å². The number of hydrogen-bond donors (Lipinski definition) is 0. The van der Waals surface area contributed by atoms with E-state index in [0.717, 1.165) is 69.6 Å². The predicted octanol–water partition coefficient (Wildman–Crippen LogP) is 17.7. The molecule has 6 nitrogen and oxygen atoms in total. The largest absolute Gasteiger partial charge is 0.462 e. The van der Waals surface area contributed by atoms with Crippen molar-refractivity contribution in [1.29, 1.82) is 0 Å². The van der Waals surface area contributed by atoms with Crippen molar-refractivity contribution in [1.82, 2.24) is 0 Å². The summed E-state index contributed by atoms with van der Waals surface area (Å²) >= 11 is 0. The maximum absolute atomic E-state index is 12.8. The molecule has 0 bridgehead atoms. The molecule has 0 radical (unpaired) electrons. The minimum atomic E-state index is -0.762. The van der Waals surface area contributed by atoms with Crippen molar-refractivity contribution in [3.63, 3.8) is 0 Å². The summed E-state index contributed by atoms with van der Waals surface area (Å²) in [5.41, 5.74) is 0. The number of carbonyl (C=O) groups excluding carboxylic acids is 3. The molecule has 0 aromatic heterocycles. The van der Waals surface area contributed by atoms with Gasteiger partial charge in [-0.2, -0.15) is 0 Å². The van der Waals surface area contributed by atoms with Crippen LogP contribution in [0.4, 0.5) is 0 Å². The van der Waals surface area contributed by atoms with Crippen molar-refractivity contribution >= 4 is 17.9 Å². The van der Waals surface area contributed by atoms with Gasteiger partial charge in [0, 0.05) is 19.3 Å². The summed E-state index contributed by atoms with van der Waals surface area (Å²) in [4.78, 5) is 38.0. The normalized spacial score (nSPS) is 12.0. The van der Waals surface area contributed by atoms with Crippen molar-refractivity contribution in [3.05, 3.63) is 0 Å². The first-order valence-electron chi connectivity index (χ1n) is 27.2. The minimum absolute atomic E-state index is 0.0636. The third-order valence-corrected chi connectivity index (χ3v) is 12.5. The molecule has 0 spiro atoms. The number of carbonyl (C=O) groups is 3. The Bertz CT molecular complexity index is 931. The summed E-state index contributed by atoms with van der Waals surface area (Å²) in [7, 11) is 0. The first-order valence-corrected chi connectivity index (χ1v) is 27.2. The van der Waals surface area contributed by atoms with Crippen molar-refractivity contribution < 1.29 is 28.6 Å². The quantitative estimate of drug-likeness (QED) is 0.0344. The topological polar surface area (TPSA) is 78.9 Å². The molecule has 0 aromatic carbocycles. The lowest BCUT2D eigenvalue weighted by Crippen LogP contribution is -2.30. The Morgan fingerprint density at radius 1 is 0.311 bits per heavy atom. The molecule has 0 unspecified atom stereocenters. The summed E-state index contributed by atoms with van der Waals surface area (Å²) in [5.74, 6) is 0.787. The summed E-state index contributed by atoms with van der Waals surface area (Å²) < 4.78 is 16.8. The third kappa shape index (κ3) is 49.3. The number of hydrogen-bond acceptors (Lipinski definition) is 6. The van der Waals surface area contributed by atoms with Gasteiger partial charge < -0.3 is 14.2 Å². The SMILES string of the molecule is CCCCCCCCCCCCCCCCCCCC(=O)OC[C@@H](COC(=O)CCCCCCCCCCCCCC(C)C)OC(=O)CCCCCCCCCCCC(C)C. The van der Waals surface area contributed by atoms with E-state index in [1.54, 1.807) is 0 Å². The molecule has 6 heteroatoms. The van der Waals surface area contributed by atoms with Gasteiger partial charge in [-0.05, 0) is 31.1 Å². The van der Waals surface area contributed by atoms with Crippen LogP contribution in [0.3, 0.4) is 0 Å². The predicted molar refractivity (Wildman–Crippen MR) is 261 cm³/mol. The van der Waals surface area contributed by atoms with Gasteiger partial charge in [-0.3, -0.25) is 14.4 Å². The first kappa shape index (κ1) is 59.4. The molecule has 0 rings (SSSR count). The van der Waals surface area contributed by atoms with Gasteiger partial charge in [-0.1, -0.05) is 266 Å². The minimum Gasteiger partial charge on any atom is -0.462 e. The molecule has 0 fully saturated rings. The van der Waals surface area contributed by atoms with E-state index in [9.17, 15) is 14.4 Å². The molecule has 0 aliphatic rings. The van der Waals surface area contributed by atoms with Gasteiger partial charge in [0.15, 0.2) is 6.10 Å². The lowest BCUT2D eigenvalue weighted by atomic mass is 10.0. The van der Waals surface area contributed by atoms with Gasteiger partial charge in [-0.25, -0.2) is 0 Å². The van der Waals surface area contributed by atoms with Gasteiger partial charge in [0.1, 0.15) is 13.2 Å². The Balaban J connectivity index is 4.28. The molecule has 0 heterocycles. The molecule has 1 atom stereocenters. The molecule has 0 aromatic rings. The molecule has 0 saturated heterocycles. The maximum Gasteiger partial charge on any atom is 0.306 e. The van der Waals surface area contributed by atoms with Crippen LogP contribution in [0.15, 0.2) is 0 Å². The number of ether oxygens (including phenoxy) is 3. The summed E-state index contributed by atoms with van der Waals surface area (Å²) in [6, 6.07) is 0. The highest BCUT2D eigenvalue weighted by Crippen LogP contribution is 2.18. The smallest absolute Gasteiger partial charge is 0.306 e. The van der Waals surface area contributed by atoms with Gasteiger partial charge in [0.2, 0.25) is 0 Å². The van der Waals surface area contributed by atoms with E-state index in [0.29, 0.717) is 19.3 Å². The lowest BCUT2D eigenvalue weighted by molar-refractivity contribution is -0.167. The number of rotatable bonds is 49. The summed E-state index contributed by atoms with van der Waals surface area (Å²) in [6.07, 6.45) is 49.5.